The Kier molecular flexibility index (Phi) is 7.60. The summed E-state index contributed by atoms with van der Waals surface area (Å²) in [6.07, 6.45) is -0.181. The van der Waals surface area contributed by atoms with Crippen LogP contribution in [-0.2, 0) is 26.8 Å². The van der Waals surface area contributed by atoms with Gasteiger partial charge in [0.2, 0.25) is 14.2 Å². The van der Waals surface area contributed by atoms with Gasteiger partial charge in [0.25, 0.3) is 5.91 Å². The number of nitrogens with zero attached hydrogens (tertiary/aromatic N) is 2. The predicted octanol–water partition coefficient (Wildman–Crippen LogP) is 4.63. The van der Waals surface area contributed by atoms with E-state index in [0.717, 1.165) is 11.3 Å². The van der Waals surface area contributed by atoms with E-state index in [2.05, 4.69) is 15.5 Å². The van der Waals surface area contributed by atoms with Gasteiger partial charge >= 0.3 is 11.2 Å². The third kappa shape index (κ3) is 6.74. The minimum absolute atomic E-state index is 0.00546. The maximum absolute atomic E-state index is 13.4. The summed E-state index contributed by atoms with van der Waals surface area (Å²) in [5.74, 6) is -1.84. The van der Waals surface area contributed by atoms with Crippen molar-refractivity contribution in [1.82, 2.24) is 10.2 Å². The van der Waals surface area contributed by atoms with Crippen molar-refractivity contribution in [3.05, 3.63) is 94.8 Å². The Balaban J connectivity index is 1.40. The third-order valence-electron chi connectivity index (χ3n) is 5.10. The van der Waals surface area contributed by atoms with Crippen LogP contribution in [0.3, 0.4) is 0 Å². The second-order valence-electron chi connectivity index (χ2n) is 8.03. The third-order valence-corrected chi connectivity index (χ3v) is 8.04. The van der Waals surface area contributed by atoms with Gasteiger partial charge in [-0.2, -0.15) is 0 Å². The Bertz CT molecular complexity index is 1570. The fraction of sp³-hybridized carbons (Fsp3) is 0.120. The van der Waals surface area contributed by atoms with Crippen LogP contribution in [0.25, 0.3) is 0 Å². The number of ether oxygens (including phenoxy) is 1. The molecular formula is C25H20FN3O6S2. The number of carboxylic acid groups (broad SMARTS) is 1. The number of hydrogen-bond donors (Lipinski definition) is 2. The molecular weight excluding hydrogens is 521 g/mol. The minimum atomic E-state index is -3.85. The number of aliphatic carboxylic acids is 1. The minimum Gasteiger partial charge on any atom is -0.481 e. The molecule has 0 radical (unpaired) electrons. The van der Waals surface area contributed by atoms with Crippen molar-refractivity contribution in [2.24, 2.45) is 0 Å². The fourth-order valence-corrected chi connectivity index (χ4v) is 5.59. The number of carbonyl (C=O) groups excluding carboxylic acids is 1. The van der Waals surface area contributed by atoms with E-state index in [9.17, 15) is 22.4 Å². The molecule has 37 heavy (non-hydrogen) atoms. The number of carbonyl (C=O) groups is 2. The van der Waals surface area contributed by atoms with Crippen LogP contribution < -0.4 is 10.1 Å². The molecule has 4 rings (SSSR count). The van der Waals surface area contributed by atoms with Gasteiger partial charge in [0.15, 0.2) is 0 Å². The van der Waals surface area contributed by atoms with Crippen molar-refractivity contribution in [3.63, 3.8) is 0 Å². The highest BCUT2D eigenvalue weighted by molar-refractivity contribution is 7.92. The van der Waals surface area contributed by atoms with Gasteiger partial charge in [0, 0.05) is 11.3 Å². The largest absolute Gasteiger partial charge is 0.481 e. The Morgan fingerprint density at radius 2 is 1.78 bits per heavy atom. The molecule has 9 nitrogen and oxygen atoms in total. The van der Waals surface area contributed by atoms with Gasteiger partial charge in [-0.25, -0.2) is 12.8 Å². The quantitative estimate of drug-likeness (QED) is 0.313. The number of aryl methyl sites for hydroxylation is 1. The van der Waals surface area contributed by atoms with E-state index in [1.165, 1.54) is 48.5 Å². The Hall–Kier alpha value is -4.16. The van der Waals surface area contributed by atoms with Crippen molar-refractivity contribution in [3.8, 4) is 10.9 Å². The van der Waals surface area contributed by atoms with E-state index < -0.39 is 21.7 Å². The van der Waals surface area contributed by atoms with Crippen LogP contribution in [-0.4, -0.2) is 35.6 Å². The summed E-state index contributed by atoms with van der Waals surface area (Å²) in [6, 6.07) is 16.6. The molecule has 2 N–H and O–H groups in total. The first kappa shape index (κ1) is 25.9. The molecule has 4 aromatic rings. The number of aromatic nitrogens is 2. The molecule has 0 saturated heterocycles. The van der Waals surface area contributed by atoms with Gasteiger partial charge in [-0.05, 0) is 77.4 Å². The molecule has 190 valence electrons. The first-order valence-electron chi connectivity index (χ1n) is 10.8. The van der Waals surface area contributed by atoms with Crippen LogP contribution in [0.5, 0.6) is 10.9 Å². The number of carboxylic acids is 1. The summed E-state index contributed by atoms with van der Waals surface area (Å²) in [6.45, 7) is 1.59. The normalized spacial score (nSPS) is 11.2. The summed E-state index contributed by atoms with van der Waals surface area (Å²) in [5.41, 5.74) is 2.11. The van der Waals surface area contributed by atoms with Crippen molar-refractivity contribution >= 4 is 38.7 Å². The monoisotopic (exact) mass is 541 g/mol. The molecule has 0 spiro atoms. The average molecular weight is 542 g/mol. The number of rotatable bonds is 9. The molecule has 1 amide bonds. The lowest BCUT2D eigenvalue weighted by atomic mass is 10.1. The Labute approximate surface area is 215 Å². The molecule has 0 aliphatic heterocycles. The van der Waals surface area contributed by atoms with Crippen LogP contribution in [0, 0.1) is 12.7 Å². The maximum Gasteiger partial charge on any atom is 0.307 e. The Morgan fingerprint density at radius 1 is 1.03 bits per heavy atom. The smallest absolute Gasteiger partial charge is 0.307 e. The number of hydrogen-bond acceptors (Lipinski definition) is 8. The topological polar surface area (TPSA) is 136 Å². The van der Waals surface area contributed by atoms with E-state index in [1.807, 2.05) is 0 Å². The van der Waals surface area contributed by atoms with Gasteiger partial charge in [0.05, 0.1) is 12.2 Å². The van der Waals surface area contributed by atoms with E-state index in [1.54, 1.807) is 25.1 Å². The SMILES string of the molecule is Cc1cc(NC(=O)c2ccc(CS(=O)(=O)c3nnc(Oc4cccc(CC(=O)O)c4)s3)cc2)ccc1F. The van der Waals surface area contributed by atoms with Crippen molar-refractivity contribution in [1.29, 1.82) is 0 Å². The first-order chi connectivity index (χ1) is 17.6. The number of sulfone groups is 1. The lowest BCUT2D eigenvalue weighted by Crippen LogP contribution is -2.12. The van der Waals surface area contributed by atoms with E-state index in [4.69, 9.17) is 9.84 Å². The highest BCUT2D eigenvalue weighted by atomic mass is 32.2. The molecule has 0 unspecified atom stereocenters. The molecule has 0 bridgehead atoms. The number of nitrogens with one attached hydrogen (secondary N) is 1. The van der Waals surface area contributed by atoms with E-state index >= 15 is 0 Å². The zero-order chi connectivity index (χ0) is 26.6. The van der Waals surface area contributed by atoms with E-state index in [0.29, 0.717) is 33.7 Å². The molecule has 0 atom stereocenters. The van der Waals surface area contributed by atoms with Gasteiger partial charge in [-0.3, -0.25) is 9.59 Å². The lowest BCUT2D eigenvalue weighted by Gasteiger charge is -2.07. The summed E-state index contributed by atoms with van der Waals surface area (Å²) in [7, 11) is -3.85. The predicted molar refractivity (Wildman–Crippen MR) is 134 cm³/mol. The number of anilines is 1. The van der Waals surface area contributed by atoms with Gasteiger partial charge in [0.1, 0.15) is 11.6 Å². The fourth-order valence-electron chi connectivity index (χ4n) is 3.32. The molecule has 1 aromatic heterocycles. The van der Waals surface area contributed by atoms with Crippen molar-refractivity contribution in [2.75, 3.05) is 5.32 Å². The van der Waals surface area contributed by atoms with Gasteiger partial charge < -0.3 is 15.2 Å². The van der Waals surface area contributed by atoms with Gasteiger partial charge in [-0.15, -0.1) is 5.10 Å². The lowest BCUT2D eigenvalue weighted by molar-refractivity contribution is -0.136. The Morgan fingerprint density at radius 3 is 2.49 bits per heavy atom. The zero-order valence-corrected chi connectivity index (χ0v) is 21.0. The van der Waals surface area contributed by atoms with E-state index in [-0.39, 0.29) is 27.5 Å². The first-order valence-corrected chi connectivity index (χ1v) is 13.3. The maximum atomic E-state index is 13.4. The molecule has 0 aliphatic rings. The number of benzene rings is 3. The van der Waals surface area contributed by atoms with Gasteiger partial charge in [-0.1, -0.05) is 29.4 Å². The molecule has 0 fully saturated rings. The molecule has 1 heterocycles. The van der Waals surface area contributed by atoms with Crippen LogP contribution >= 0.6 is 11.3 Å². The second kappa shape index (κ2) is 10.8. The number of halogens is 1. The van der Waals surface area contributed by atoms with Crippen molar-refractivity contribution < 1.29 is 32.2 Å². The number of amides is 1. The van der Waals surface area contributed by atoms with Crippen LogP contribution in [0.4, 0.5) is 10.1 Å². The second-order valence-corrected chi connectivity index (χ2v) is 11.1. The molecule has 3 aromatic carbocycles. The summed E-state index contributed by atoms with van der Waals surface area (Å²) in [4.78, 5) is 23.4. The van der Waals surface area contributed by atoms with Crippen LogP contribution in [0.15, 0.2) is 71.1 Å². The molecule has 0 saturated carbocycles. The van der Waals surface area contributed by atoms with Crippen molar-refractivity contribution in [2.45, 2.75) is 23.4 Å². The van der Waals surface area contributed by atoms with Crippen LogP contribution in [0.2, 0.25) is 0 Å². The summed E-state index contributed by atoms with van der Waals surface area (Å²) >= 11 is 0.746. The highest BCUT2D eigenvalue weighted by Gasteiger charge is 2.22. The molecule has 0 aliphatic carbocycles. The van der Waals surface area contributed by atoms with Crippen LogP contribution in [0.1, 0.15) is 27.0 Å². The molecule has 12 heteroatoms. The highest BCUT2D eigenvalue weighted by Crippen LogP contribution is 2.29. The standard InChI is InChI=1S/C25H20FN3O6S2/c1-15-11-19(9-10-21(15)26)27-23(32)18-7-5-16(6-8-18)14-37(33,34)25-29-28-24(36-25)35-20-4-2-3-17(12-20)13-22(30)31/h2-12H,13-14H2,1H3,(H,27,32)(H,30,31). The zero-order valence-electron chi connectivity index (χ0n) is 19.3. The summed E-state index contributed by atoms with van der Waals surface area (Å²) in [5, 5.41) is 19.1. The summed E-state index contributed by atoms with van der Waals surface area (Å²) < 4.78 is 44.4. The average Bonchev–Trinajstić information content (AvgIpc) is 3.31.